The molecule has 0 bridgehead atoms. The molecule has 1 heterocycles. The van der Waals surface area contributed by atoms with Gasteiger partial charge in [-0.15, -0.1) is 11.3 Å². The molecule has 0 saturated heterocycles. The van der Waals surface area contributed by atoms with Crippen molar-refractivity contribution < 1.29 is 14.3 Å². The van der Waals surface area contributed by atoms with E-state index in [1.54, 1.807) is 17.5 Å². The number of hydrogen-bond acceptors (Lipinski definition) is 5. The van der Waals surface area contributed by atoms with Crippen LogP contribution in [0.3, 0.4) is 0 Å². The summed E-state index contributed by atoms with van der Waals surface area (Å²) in [6, 6.07) is 7.23. The highest BCUT2D eigenvalue weighted by Crippen LogP contribution is 2.25. The molecule has 0 radical (unpaired) electrons. The molecule has 22 heavy (non-hydrogen) atoms. The van der Waals surface area contributed by atoms with Gasteiger partial charge in [-0.25, -0.2) is 4.98 Å². The summed E-state index contributed by atoms with van der Waals surface area (Å²) in [5.74, 6) is 0.0510. The highest BCUT2D eigenvalue weighted by atomic mass is 32.1. The van der Waals surface area contributed by atoms with E-state index in [-0.39, 0.29) is 17.5 Å². The monoisotopic (exact) mass is 319 g/mol. The lowest BCUT2D eigenvalue weighted by Gasteiger charge is -2.11. The minimum atomic E-state index is -0.347. The summed E-state index contributed by atoms with van der Waals surface area (Å²) < 4.78 is 5.59. The average Bonchev–Trinajstić information content (AvgIpc) is 2.94. The summed E-state index contributed by atoms with van der Waals surface area (Å²) in [6.45, 7) is 3.98. The van der Waals surface area contributed by atoms with Gasteiger partial charge in [0.05, 0.1) is 12.3 Å². The Morgan fingerprint density at radius 1 is 1.27 bits per heavy atom. The number of ether oxygens (including phenoxy) is 1. The van der Waals surface area contributed by atoms with E-state index in [0.717, 1.165) is 6.42 Å². The van der Waals surface area contributed by atoms with Crippen LogP contribution in [-0.2, 0) is 4.79 Å². The summed E-state index contributed by atoms with van der Waals surface area (Å²) in [7, 11) is 0. The van der Waals surface area contributed by atoms with Crippen LogP contribution in [0.15, 0.2) is 29.6 Å². The molecule has 0 aliphatic carbocycles. The minimum Gasteiger partial charge on any atom is -0.491 e. The van der Waals surface area contributed by atoms with Crippen molar-refractivity contribution in [2.45, 2.75) is 20.3 Å². The van der Waals surface area contributed by atoms with Gasteiger partial charge in [0.2, 0.25) is 5.91 Å². The van der Waals surface area contributed by atoms with E-state index in [0.29, 0.717) is 23.2 Å². The van der Waals surface area contributed by atoms with Crippen molar-refractivity contribution in [3.8, 4) is 5.75 Å². The molecule has 0 unspecified atom stereocenters. The molecule has 0 spiro atoms. The molecule has 0 atom stereocenters. The van der Waals surface area contributed by atoms with E-state index in [9.17, 15) is 9.59 Å². The number of hydrogen-bond donors (Lipinski definition) is 2. The van der Waals surface area contributed by atoms with Crippen LogP contribution in [0.5, 0.6) is 5.75 Å². The topological polar surface area (TPSA) is 80.3 Å². The lowest BCUT2D eigenvalue weighted by atomic mass is 10.3. The molecule has 0 aliphatic rings. The quantitative estimate of drug-likeness (QED) is 0.857. The van der Waals surface area contributed by atoms with E-state index in [4.69, 9.17) is 4.74 Å². The van der Waals surface area contributed by atoms with Gasteiger partial charge in [-0.2, -0.15) is 0 Å². The van der Waals surface area contributed by atoms with Gasteiger partial charge in [0.25, 0.3) is 5.91 Å². The van der Waals surface area contributed by atoms with Gasteiger partial charge in [-0.05, 0) is 18.6 Å². The highest BCUT2D eigenvalue weighted by Gasteiger charge is 2.13. The molecule has 0 fully saturated rings. The second kappa shape index (κ2) is 7.56. The summed E-state index contributed by atoms with van der Waals surface area (Å²) in [4.78, 5) is 27.2. The molecule has 1 aromatic carbocycles. The van der Waals surface area contributed by atoms with Gasteiger partial charge in [-0.3, -0.25) is 9.59 Å². The SMILES string of the molecule is CCCOc1ccccc1NC(=O)c1csc(NC(C)=O)n1. The fraction of sp³-hybridized carbons (Fsp3) is 0.267. The first-order chi connectivity index (χ1) is 10.6. The number of para-hydroxylation sites is 2. The fourth-order valence-electron chi connectivity index (χ4n) is 1.68. The second-order valence-electron chi connectivity index (χ2n) is 4.52. The van der Waals surface area contributed by atoms with Crippen molar-refractivity contribution in [3.63, 3.8) is 0 Å². The van der Waals surface area contributed by atoms with E-state index in [2.05, 4.69) is 15.6 Å². The van der Waals surface area contributed by atoms with Crippen LogP contribution in [0, 0.1) is 0 Å². The molecular weight excluding hydrogens is 302 g/mol. The first-order valence-electron chi connectivity index (χ1n) is 6.86. The van der Waals surface area contributed by atoms with Crippen LogP contribution >= 0.6 is 11.3 Å². The number of carbonyl (C=O) groups is 2. The Bertz CT molecular complexity index is 670. The maximum atomic E-state index is 12.2. The number of nitrogens with one attached hydrogen (secondary N) is 2. The predicted molar refractivity (Wildman–Crippen MR) is 86.6 cm³/mol. The number of aromatic nitrogens is 1. The summed E-state index contributed by atoms with van der Waals surface area (Å²) in [5.41, 5.74) is 0.842. The lowest BCUT2D eigenvalue weighted by molar-refractivity contribution is -0.114. The van der Waals surface area contributed by atoms with Crippen LogP contribution in [0.25, 0.3) is 0 Å². The number of benzene rings is 1. The molecule has 7 heteroatoms. The summed E-state index contributed by atoms with van der Waals surface area (Å²) in [6.07, 6.45) is 0.883. The molecule has 1 aromatic heterocycles. The minimum absolute atomic E-state index is 0.223. The molecular formula is C15H17N3O3S. The van der Waals surface area contributed by atoms with Crippen LogP contribution in [0.2, 0.25) is 0 Å². The van der Waals surface area contributed by atoms with Crippen molar-refractivity contribution in [2.24, 2.45) is 0 Å². The number of anilines is 2. The van der Waals surface area contributed by atoms with E-state index in [1.807, 2.05) is 19.1 Å². The number of rotatable bonds is 6. The highest BCUT2D eigenvalue weighted by molar-refractivity contribution is 7.14. The Morgan fingerprint density at radius 3 is 2.77 bits per heavy atom. The molecule has 0 aliphatic heterocycles. The Kier molecular flexibility index (Phi) is 5.48. The molecule has 2 rings (SSSR count). The average molecular weight is 319 g/mol. The number of nitrogens with zero attached hydrogens (tertiary/aromatic N) is 1. The maximum Gasteiger partial charge on any atom is 0.275 e. The smallest absolute Gasteiger partial charge is 0.275 e. The first kappa shape index (κ1) is 16.0. The number of thiazole rings is 1. The van der Waals surface area contributed by atoms with Gasteiger partial charge in [0, 0.05) is 12.3 Å². The van der Waals surface area contributed by atoms with Crippen LogP contribution in [0.1, 0.15) is 30.8 Å². The van der Waals surface area contributed by atoms with E-state index in [1.165, 1.54) is 18.3 Å². The van der Waals surface area contributed by atoms with Gasteiger partial charge in [0.15, 0.2) is 5.13 Å². The van der Waals surface area contributed by atoms with Gasteiger partial charge >= 0.3 is 0 Å². The van der Waals surface area contributed by atoms with Gasteiger partial charge in [-0.1, -0.05) is 19.1 Å². The predicted octanol–water partition coefficient (Wildman–Crippen LogP) is 3.14. The zero-order chi connectivity index (χ0) is 15.9. The Morgan fingerprint density at radius 2 is 2.05 bits per heavy atom. The molecule has 2 aromatic rings. The lowest BCUT2D eigenvalue weighted by Crippen LogP contribution is -2.14. The maximum absolute atomic E-state index is 12.2. The number of carbonyl (C=O) groups excluding carboxylic acids is 2. The zero-order valence-electron chi connectivity index (χ0n) is 12.4. The molecule has 116 valence electrons. The third kappa shape index (κ3) is 4.29. The van der Waals surface area contributed by atoms with Crippen molar-refractivity contribution in [1.82, 2.24) is 4.98 Å². The standard InChI is InChI=1S/C15H17N3O3S/c1-3-8-21-13-7-5-4-6-11(13)17-14(20)12-9-22-15(18-12)16-10(2)19/h4-7,9H,3,8H2,1-2H3,(H,17,20)(H,16,18,19). The van der Waals surface area contributed by atoms with Crippen molar-refractivity contribution >= 4 is 34.0 Å². The number of amides is 2. The van der Waals surface area contributed by atoms with Crippen LogP contribution in [0.4, 0.5) is 10.8 Å². The third-order valence-electron chi connectivity index (χ3n) is 2.62. The van der Waals surface area contributed by atoms with Crippen molar-refractivity contribution in [1.29, 1.82) is 0 Å². The molecule has 0 saturated carbocycles. The third-order valence-corrected chi connectivity index (χ3v) is 3.37. The Balaban J connectivity index is 2.08. The zero-order valence-corrected chi connectivity index (χ0v) is 13.2. The molecule has 2 amide bonds. The Hall–Kier alpha value is -2.41. The van der Waals surface area contributed by atoms with E-state index < -0.39 is 0 Å². The largest absolute Gasteiger partial charge is 0.491 e. The van der Waals surface area contributed by atoms with E-state index >= 15 is 0 Å². The molecule has 6 nitrogen and oxygen atoms in total. The van der Waals surface area contributed by atoms with Crippen molar-refractivity contribution in [2.75, 3.05) is 17.2 Å². The summed E-state index contributed by atoms with van der Waals surface area (Å²) >= 11 is 1.20. The normalized spacial score (nSPS) is 10.1. The Labute approximate surface area is 132 Å². The van der Waals surface area contributed by atoms with Gasteiger partial charge < -0.3 is 15.4 Å². The fourth-order valence-corrected chi connectivity index (χ4v) is 2.42. The van der Waals surface area contributed by atoms with Crippen LogP contribution in [-0.4, -0.2) is 23.4 Å². The molecule has 2 N–H and O–H groups in total. The second-order valence-corrected chi connectivity index (χ2v) is 5.38. The van der Waals surface area contributed by atoms with Gasteiger partial charge in [0.1, 0.15) is 11.4 Å². The first-order valence-corrected chi connectivity index (χ1v) is 7.74. The summed E-state index contributed by atoms with van der Waals surface area (Å²) in [5, 5.41) is 7.31. The van der Waals surface area contributed by atoms with Crippen molar-refractivity contribution in [3.05, 3.63) is 35.3 Å². The van der Waals surface area contributed by atoms with Crippen LogP contribution < -0.4 is 15.4 Å².